The normalized spacial score (nSPS) is 26.3. The zero-order valence-corrected chi connectivity index (χ0v) is 5.65. The van der Waals surface area contributed by atoms with Crippen LogP contribution in [-0.4, -0.2) is 12.2 Å². The SMILES string of the molecule is O=C1CCC[C@@H]1CC(F)F. The summed E-state index contributed by atoms with van der Waals surface area (Å²) in [6.07, 6.45) is -0.553. The van der Waals surface area contributed by atoms with E-state index in [4.69, 9.17) is 0 Å². The topological polar surface area (TPSA) is 17.1 Å². The Labute approximate surface area is 58.4 Å². The van der Waals surface area contributed by atoms with Crippen molar-refractivity contribution < 1.29 is 13.6 Å². The molecule has 0 heterocycles. The maximum atomic E-state index is 11.7. The van der Waals surface area contributed by atoms with Crippen molar-refractivity contribution in [3.63, 3.8) is 0 Å². The Morgan fingerprint density at radius 2 is 2.30 bits per heavy atom. The van der Waals surface area contributed by atoms with Gasteiger partial charge in [0.25, 0.3) is 0 Å². The molecule has 0 aromatic carbocycles. The molecule has 0 aliphatic heterocycles. The van der Waals surface area contributed by atoms with Gasteiger partial charge in [0.05, 0.1) is 0 Å². The molecule has 1 atom stereocenters. The number of alkyl halides is 2. The molecule has 0 saturated heterocycles. The number of rotatable bonds is 2. The molecule has 0 amide bonds. The maximum Gasteiger partial charge on any atom is 0.239 e. The van der Waals surface area contributed by atoms with Crippen LogP contribution in [0.2, 0.25) is 0 Å². The highest BCUT2D eigenvalue weighted by atomic mass is 19.3. The molecule has 0 bridgehead atoms. The van der Waals surface area contributed by atoms with Gasteiger partial charge in [0.1, 0.15) is 5.78 Å². The van der Waals surface area contributed by atoms with Crippen LogP contribution in [-0.2, 0) is 4.79 Å². The van der Waals surface area contributed by atoms with Crippen molar-refractivity contribution in [1.82, 2.24) is 0 Å². The zero-order valence-electron chi connectivity index (χ0n) is 5.65. The van der Waals surface area contributed by atoms with Crippen molar-refractivity contribution in [2.45, 2.75) is 32.1 Å². The summed E-state index contributed by atoms with van der Waals surface area (Å²) >= 11 is 0. The number of hydrogen-bond donors (Lipinski definition) is 0. The van der Waals surface area contributed by atoms with E-state index in [-0.39, 0.29) is 18.1 Å². The van der Waals surface area contributed by atoms with Crippen LogP contribution in [0.4, 0.5) is 8.78 Å². The second-order valence-corrected chi connectivity index (χ2v) is 2.68. The van der Waals surface area contributed by atoms with Gasteiger partial charge in [0, 0.05) is 18.8 Å². The third kappa shape index (κ3) is 1.75. The molecule has 1 nitrogen and oxygen atoms in total. The van der Waals surface area contributed by atoms with Gasteiger partial charge in [-0.25, -0.2) is 8.78 Å². The van der Waals surface area contributed by atoms with E-state index < -0.39 is 6.43 Å². The fourth-order valence-electron chi connectivity index (χ4n) is 1.35. The first-order chi connectivity index (χ1) is 4.70. The van der Waals surface area contributed by atoms with Crippen LogP contribution in [0, 0.1) is 5.92 Å². The standard InChI is InChI=1S/C7H10F2O/c8-7(9)4-5-2-1-3-6(5)10/h5,7H,1-4H2/t5-/m1/s1. The second kappa shape index (κ2) is 3.08. The van der Waals surface area contributed by atoms with E-state index in [0.29, 0.717) is 12.8 Å². The minimum atomic E-state index is -2.31. The molecule has 0 spiro atoms. The van der Waals surface area contributed by atoms with Crippen LogP contribution in [0.5, 0.6) is 0 Å². The van der Waals surface area contributed by atoms with Crippen molar-refractivity contribution in [1.29, 1.82) is 0 Å². The minimum absolute atomic E-state index is 0.0281. The Hall–Kier alpha value is -0.470. The minimum Gasteiger partial charge on any atom is -0.299 e. The highest BCUT2D eigenvalue weighted by Crippen LogP contribution is 2.26. The molecule has 0 aromatic rings. The van der Waals surface area contributed by atoms with E-state index in [2.05, 4.69) is 0 Å². The maximum absolute atomic E-state index is 11.7. The van der Waals surface area contributed by atoms with Crippen molar-refractivity contribution in [2.75, 3.05) is 0 Å². The van der Waals surface area contributed by atoms with E-state index in [1.165, 1.54) is 0 Å². The Morgan fingerprint density at radius 3 is 2.70 bits per heavy atom. The third-order valence-electron chi connectivity index (χ3n) is 1.89. The van der Waals surface area contributed by atoms with Crippen LogP contribution < -0.4 is 0 Å². The number of hydrogen-bond acceptors (Lipinski definition) is 1. The summed E-state index contributed by atoms with van der Waals surface area (Å²) in [5.41, 5.74) is 0. The molecule has 1 aliphatic carbocycles. The quantitative estimate of drug-likeness (QED) is 0.585. The number of carbonyl (C=O) groups is 1. The lowest BCUT2D eigenvalue weighted by molar-refractivity contribution is -0.121. The molecule has 1 aliphatic rings. The van der Waals surface area contributed by atoms with Gasteiger partial charge in [-0.2, -0.15) is 0 Å². The van der Waals surface area contributed by atoms with Gasteiger partial charge in [-0.05, 0) is 12.8 Å². The largest absolute Gasteiger partial charge is 0.299 e. The highest BCUT2D eigenvalue weighted by Gasteiger charge is 2.26. The number of ketones is 1. The summed E-state index contributed by atoms with van der Waals surface area (Å²) < 4.78 is 23.4. The summed E-state index contributed by atoms with van der Waals surface area (Å²) in [6.45, 7) is 0. The van der Waals surface area contributed by atoms with E-state index in [1.54, 1.807) is 0 Å². The Kier molecular flexibility index (Phi) is 2.35. The summed E-state index contributed by atoms with van der Waals surface area (Å²) in [7, 11) is 0. The third-order valence-corrected chi connectivity index (χ3v) is 1.89. The molecule has 0 unspecified atom stereocenters. The average molecular weight is 148 g/mol. The van der Waals surface area contributed by atoms with E-state index in [1.807, 2.05) is 0 Å². The monoisotopic (exact) mass is 148 g/mol. The smallest absolute Gasteiger partial charge is 0.239 e. The molecule has 1 saturated carbocycles. The molecular weight excluding hydrogens is 138 g/mol. The van der Waals surface area contributed by atoms with E-state index >= 15 is 0 Å². The molecular formula is C7H10F2O. The summed E-state index contributed by atoms with van der Waals surface area (Å²) in [5, 5.41) is 0. The van der Waals surface area contributed by atoms with Crippen molar-refractivity contribution in [3.8, 4) is 0 Å². The predicted octanol–water partition coefficient (Wildman–Crippen LogP) is 2.01. The van der Waals surface area contributed by atoms with Crippen LogP contribution in [0.3, 0.4) is 0 Å². The van der Waals surface area contributed by atoms with Gasteiger partial charge < -0.3 is 0 Å². The van der Waals surface area contributed by atoms with E-state index in [9.17, 15) is 13.6 Å². The lowest BCUT2D eigenvalue weighted by Crippen LogP contribution is -2.10. The van der Waals surface area contributed by atoms with Gasteiger partial charge in [-0.3, -0.25) is 4.79 Å². The molecule has 0 aromatic heterocycles. The molecule has 1 rings (SSSR count). The van der Waals surface area contributed by atoms with Gasteiger partial charge >= 0.3 is 0 Å². The Bertz CT molecular complexity index is 134. The van der Waals surface area contributed by atoms with Crippen LogP contribution >= 0.6 is 0 Å². The number of halogens is 2. The molecule has 58 valence electrons. The van der Waals surface area contributed by atoms with Gasteiger partial charge in [0.15, 0.2) is 0 Å². The summed E-state index contributed by atoms with van der Waals surface area (Å²) in [5.74, 6) is -0.305. The second-order valence-electron chi connectivity index (χ2n) is 2.68. The fraction of sp³-hybridized carbons (Fsp3) is 0.857. The van der Waals surface area contributed by atoms with Crippen molar-refractivity contribution >= 4 is 5.78 Å². The van der Waals surface area contributed by atoms with Crippen molar-refractivity contribution in [3.05, 3.63) is 0 Å². The Morgan fingerprint density at radius 1 is 1.60 bits per heavy atom. The number of Topliss-reactive ketones (excluding diaryl/α,β-unsaturated/α-hetero) is 1. The molecule has 10 heavy (non-hydrogen) atoms. The molecule has 1 fully saturated rings. The lowest BCUT2D eigenvalue weighted by atomic mass is 10.0. The first-order valence-electron chi connectivity index (χ1n) is 3.51. The van der Waals surface area contributed by atoms with Gasteiger partial charge in [0.2, 0.25) is 6.43 Å². The molecule has 0 radical (unpaired) electrons. The predicted molar refractivity (Wildman–Crippen MR) is 33.0 cm³/mol. The van der Waals surface area contributed by atoms with E-state index in [0.717, 1.165) is 6.42 Å². The first-order valence-corrected chi connectivity index (χ1v) is 3.51. The summed E-state index contributed by atoms with van der Waals surface area (Å²) in [4.78, 5) is 10.8. The first kappa shape index (κ1) is 7.63. The van der Waals surface area contributed by atoms with Crippen LogP contribution in [0.25, 0.3) is 0 Å². The molecule has 0 N–H and O–H groups in total. The van der Waals surface area contributed by atoms with Crippen LogP contribution in [0.15, 0.2) is 0 Å². The van der Waals surface area contributed by atoms with Gasteiger partial charge in [-0.15, -0.1) is 0 Å². The fourth-order valence-corrected chi connectivity index (χ4v) is 1.35. The number of carbonyl (C=O) groups excluding carboxylic acids is 1. The highest BCUT2D eigenvalue weighted by molar-refractivity contribution is 5.82. The summed E-state index contributed by atoms with van der Waals surface area (Å²) in [6, 6.07) is 0. The zero-order chi connectivity index (χ0) is 7.56. The van der Waals surface area contributed by atoms with Crippen LogP contribution in [0.1, 0.15) is 25.7 Å². The molecule has 3 heteroatoms. The lowest BCUT2D eigenvalue weighted by Gasteiger charge is -2.04. The van der Waals surface area contributed by atoms with Crippen molar-refractivity contribution in [2.24, 2.45) is 5.92 Å². The average Bonchev–Trinajstić information content (AvgIpc) is 2.15. The Balaban J connectivity index is 2.33. The van der Waals surface area contributed by atoms with Gasteiger partial charge in [-0.1, -0.05) is 0 Å².